The van der Waals surface area contributed by atoms with E-state index in [1.165, 1.54) is 0 Å². The third-order valence-electron chi connectivity index (χ3n) is 3.01. The minimum Gasteiger partial charge on any atom is -0.298 e. The number of aromatic amines is 1. The Morgan fingerprint density at radius 2 is 2.05 bits per heavy atom. The van der Waals surface area contributed by atoms with Gasteiger partial charge in [0.05, 0.1) is 12.7 Å². The fourth-order valence-electron chi connectivity index (χ4n) is 2.04. The molecule has 0 saturated heterocycles. The first kappa shape index (κ1) is 12.7. The highest BCUT2D eigenvalue weighted by atomic mass is 32.1. The second-order valence-electron chi connectivity index (χ2n) is 4.52. The summed E-state index contributed by atoms with van der Waals surface area (Å²) in [5, 5.41) is 11.4. The van der Waals surface area contributed by atoms with E-state index in [4.69, 9.17) is 12.2 Å². The minimum absolute atomic E-state index is 0.612. The number of aromatic nitrogens is 6. The van der Waals surface area contributed by atoms with E-state index >= 15 is 0 Å². The number of pyridine rings is 1. The van der Waals surface area contributed by atoms with E-state index in [2.05, 4.69) is 20.3 Å². The lowest BCUT2D eigenvalue weighted by Crippen LogP contribution is -2.09. The maximum Gasteiger partial charge on any atom is 0.195 e. The van der Waals surface area contributed by atoms with Gasteiger partial charge < -0.3 is 0 Å². The highest BCUT2D eigenvalue weighted by molar-refractivity contribution is 7.71. The second-order valence-corrected chi connectivity index (χ2v) is 4.91. The standard InChI is InChI=1S/C13H14N6S/c1-10-8-15-18(9-10)6-7-19-12(16-17-13(19)20)11-2-4-14-5-3-11/h2-5,8-9H,6-7H2,1H3,(H,17,20). The van der Waals surface area contributed by atoms with Crippen molar-refractivity contribution in [1.29, 1.82) is 0 Å². The van der Waals surface area contributed by atoms with Crippen LogP contribution in [-0.2, 0) is 13.1 Å². The zero-order valence-electron chi connectivity index (χ0n) is 11.0. The van der Waals surface area contributed by atoms with Gasteiger partial charge in [-0.2, -0.15) is 10.2 Å². The number of H-pyrrole nitrogens is 1. The SMILES string of the molecule is Cc1cnn(CCn2c(-c3ccncc3)n[nH]c2=S)c1. The Hall–Kier alpha value is -2.28. The molecule has 1 N–H and O–H groups in total. The number of hydrogen-bond acceptors (Lipinski definition) is 4. The molecule has 0 aliphatic heterocycles. The first-order valence-corrected chi connectivity index (χ1v) is 6.69. The first-order chi connectivity index (χ1) is 9.74. The van der Waals surface area contributed by atoms with E-state index in [9.17, 15) is 0 Å². The third kappa shape index (κ3) is 2.53. The van der Waals surface area contributed by atoms with Crippen molar-refractivity contribution in [3.8, 4) is 11.4 Å². The maximum absolute atomic E-state index is 5.29. The number of aryl methyl sites for hydroxylation is 2. The quantitative estimate of drug-likeness (QED) is 0.747. The van der Waals surface area contributed by atoms with Crippen LogP contribution in [0.1, 0.15) is 5.56 Å². The van der Waals surface area contributed by atoms with Crippen molar-refractivity contribution in [1.82, 2.24) is 29.5 Å². The molecule has 0 fully saturated rings. The van der Waals surface area contributed by atoms with Crippen LogP contribution in [-0.4, -0.2) is 29.5 Å². The Morgan fingerprint density at radius 1 is 1.25 bits per heavy atom. The predicted octanol–water partition coefficient (Wildman–Crippen LogP) is 2.21. The molecule has 0 aliphatic carbocycles. The molecular formula is C13H14N6S. The van der Waals surface area contributed by atoms with Crippen molar-refractivity contribution in [2.45, 2.75) is 20.0 Å². The Labute approximate surface area is 121 Å². The molecule has 3 rings (SSSR count). The lowest BCUT2D eigenvalue weighted by Gasteiger charge is -2.06. The summed E-state index contributed by atoms with van der Waals surface area (Å²) in [5.74, 6) is 0.821. The molecule has 0 amide bonds. The van der Waals surface area contributed by atoms with Gasteiger partial charge in [-0.15, -0.1) is 0 Å². The molecule has 7 heteroatoms. The molecule has 20 heavy (non-hydrogen) atoms. The van der Waals surface area contributed by atoms with Crippen LogP contribution in [0.2, 0.25) is 0 Å². The predicted molar refractivity (Wildman–Crippen MR) is 77.6 cm³/mol. The van der Waals surface area contributed by atoms with Crippen LogP contribution in [0.3, 0.4) is 0 Å². The van der Waals surface area contributed by atoms with Crippen LogP contribution < -0.4 is 0 Å². The summed E-state index contributed by atoms with van der Waals surface area (Å²) in [7, 11) is 0. The lowest BCUT2D eigenvalue weighted by atomic mass is 10.2. The Balaban J connectivity index is 1.86. The number of nitrogens with zero attached hydrogens (tertiary/aromatic N) is 5. The largest absolute Gasteiger partial charge is 0.298 e. The molecule has 3 heterocycles. The summed E-state index contributed by atoms with van der Waals surface area (Å²) >= 11 is 5.29. The van der Waals surface area contributed by atoms with E-state index in [-0.39, 0.29) is 0 Å². The minimum atomic E-state index is 0.612. The normalized spacial score (nSPS) is 10.8. The Kier molecular flexibility index (Phi) is 3.42. The van der Waals surface area contributed by atoms with Gasteiger partial charge in [0.15, 0.2) is 10.6 Å². The summed E-state index contributed by atoms with van der Waals surface area (Å²) in [5.41, 5.74) is 2.14. The van der Waals surface area contributed by atoms with Crippen LogP contribution >= 0.6 is 12.2 Å². The topological polar surface area (TPSA) is 64.3 Å². The second kappa shape index (κ2) is 5.38. The molecule has 0 unspecified atom stereocenters. The molecule has 0 radical (unpaired) electrons. The molecule has 6 nitrogen and oxygen atoms in total. The van der Waals surface area contributed by atoms with Gasteiger partial charge in [-0.1, -0.05) is 0 Å². The molecule has 0 saturated carbocycles. The van der Waals surface area contributed by atoms with Crippen LogP contribution in [0, 0.1) is 11.7 Å². The molecule has 0 aromatic carbocycles. The van der Waals surface area contributed by atoms with Crippen molar-refractivity contribution < 1.29 is 0 Å². The van der Waals surface area contributed by atoms with Crippen molar-refractivity contribution >= 4 is 12.2 Å². The lowest BCUT2D eigenvalue weighted by molar-refractivity contribution is 0.532. The zero-order valence-corrected chi connectivity index (χ0v) is 11.8. The van der Waals surface area contributed by atoms with Gasteiger partial charge >= 0.3 is 0 Å². The summed E-state index contributed by atoms with van der Waals surface area (Å²) in [6.45, 7) is 3.49. The van der Waals surface area contributed by atoms with Gasteiger partial charge in [0.2, 0.25) is 0 Å². The summed E-state index contributed by atoms with van der Waals surface area (Å²) in [4.78, 5) is 4.02. The fraction of sp³-hybridized carbons (Fsp3) is 0.231. The zero-order chi connectivity index (χ0) is 13.9. The van der Waals surface area contributed by atoms with E-state index in [0.29, 0.717) is 11.3 Å². The molecule has 0 spiro atoms. The highest BCUT2D eigenvalue weighted by Gasteiger charge is 2.08. The average Bonchev–Trinajstić information content (AvgIpc) is 3.04. The van der Waals surface area contributed by atoms with Gasteiger partial charge in [-0.3, -0.25) is 19.3 Å². The van der Waals surface area contributed by atoms with Crippen molar-refractivity contribution in [2.75, 3.05) is 0 Å². The van der Waals surface area contributed by atoms with Crippen LogP contribution in [0.15, 0.2) is 36.9 Å². The highest BCUT2D eigenvalue weighted by Crippen LogP contribution is 2.15. The van der Waals surface area contributed by atoms with Gasteiger partial charge in [0.1, 0.15) is 0 Å². The molecule has 0 aliphatic rings. The smallest absolute Gasteiger partial charge is 0.195 e. The Morgan fingerprint density at radius 3 is 2.75 bits per heavy atom. The van der Waals surface area contributed by atoms with E-state index in [1.807, 2.05) is 40.7 Å². The number of nitrogens with one attached hydrogen (secondary N) is 1. The average molecular weight is 286 g/mol. The van der Waals surface area contributed by atoms with Crippen molar-refractivity contribution in [3.63, 3.8) is 0 Å². The summed E-state index contributed by atoms with van der Waals surface area (Å²) in [6, 6.07) is 3.83. The van der Waals surface area contributed by atoms with Gasteiger partial charge in [0, 0.05) is 30.7 Å². The van der Waals surface area contributed by atoms with E-state index in [1.54, 1.807) is 12.4 Å². The van der Waals surface area contributed by atoms with Crippen molar-refractivity contribution in [3.05, 3.63) is 47.3 Å². The fourth-order valence-corrected chi connectivity index (χ4v) is 2.26. The third-order valence-corrected chi connectivity index (χ3v) is 3.32. The molecular weight excluding hydrogens is 272 g/mol. The number of hydrogen-bond donors (Lipinski definition) is 1. The molecule has 0 atom stereocenters. The van der Waals surface area contributed by atoms with Gasteiger partial charge in [-0.05, 0) is 36.8 Å². The molecule has 3 aromatic rings. The summed E-state index contributed by atoms with van der Waals surface area (Å²) < 4.78 is 4.49. The van der Waals surface area contributed by atoms with Gasteiger partial charge in [-0.25, -0.2) is 0 Å². The van der Waals surface area contributed by atoms with Crippen molar-refractivity contribution in [2.24, 2.45) is 0 Å². The maximum atomic E-state index is 5.29. The Bertz CT molecular complexity index is 755. The van der Waals surface area contributed by atoms with Crippen LogP contribution in [0.5, 0.6) is 0 Å². The van der Waals surface area contributed by atoms with Gasteiger partial charge in [0.25, 0.3) is 0 Å². The van der Waals surface area contributed by atoms with Crippen LogP contribution in [0.25, 0.3) is 11.4 Å². The first-order valence-electron chi connectivity index (χ1n) is 6.29. The van der Waals surface area contributed by atoms with Crippen LogP contribution in [0.4, 0.5) is 0 Å². The molecule has 102 valence electrons. The molecule has 0 bridgehead atoms. The number of rotatable bonds is 4. The van der Waals surface area contributed by atoms with E-state index < -0.39 is 0 Å². The monoisotopic (exact) mass is 286 g/mol. The van der Waals surface area contributed by atoms with E-state index in [0.717, 1.165) is 23.5 Å². The summed E-state index contributed by atoms with van der Waals surface area (Å²) in [6.07, 6.45) is 7.34. The molecule has 3 aromatic heterocycles.